The molecule has 0 aliphatic heterocycles. The molecule has 0 atom stereocenters. The number of aliphatic hydroxyl groups excluding tert-OH is 1. The second-order valence-corrected chi connectivity index (χ2v) is 3.46. The van der Waals surface area contributed by atoms with Crippen LogP contribution in [0.4, 0.5) is 13.2 Å². The molecule has 0 aliphatic carbocycles. The second-order valence-electron chi connectivity index (χ2n) is 1.75. The van der Waals surface area contributed by atoms with E-state index in [2.05, 4.69) is 34.8 Å². The van der Waals surface area contributed by atoms with Gasteiger partial charge in [-0.3, -0.25) is 10.1 Å². The van der Waals surface area contributed by atoms with Crippen molar-refractivity contribution in [1.29, 1.82) is 0 Å². The van der Waals surface area contributed by atoms with Crippen LogP contribution in [0.1, 0.15) is 6.92 Å². The fourth-order valence-corrected chi connectivity index (χ4v) is 0. The number of alkyl halides is 6. The van der Waals surface area contributed by atoms with Crippen LogP contribution in [0.15, 0.2) is 0 Å². The van der Waals surface area contributed by atoms with Gasteiger partial charge in [0.1, 0.15) is 0 Å². The molecule has 15 heavy (non-hydrogen) atoms. The second kappa shape index (κ2) is 9.26. The first kappa shape index (κ1) is 20.4. The van der Waals surface area contributed by atoms with Crippen LogP contribution in [0, 0.1) is 10.1 Å². The molecular formula is C5H9Cl3F3NO3. The summed E-state index contributed by atoms with van der Waals surface area (Å²) in [5.74, 6) is 0. The van der Waals surface area contributed by atoms with Gasteiger partial charge in [-0.05, 0) is 18.5 Å². The van der Waals surface area contributed by atoms with Crippen LogP contribution in [-0.2, 0) is 0 Å². The number of nitro groups is 1. The predicted octanol–water partition coefficient (Wildman–Crippen LogP) is 2.81. The molecule has 0 aliphatic rings. The first-order chi connectivity index (χ1) is 6.40. The van der Waals surface area contributed by atoms with Crippen molar-refractivity contribution in [2.24, 2.45) is 0 Å². The first-order valence-corrected chi connectivity index (χ1v) is 4.35. The minimum absolute atomic E-state index is 0.250. The van der Waals surface area contributed by atoms with Crippen LogP contribution < -0.4 is 0 Å². The number of hydrogen-bond acceptors (Lipinski definition) is 3. The van der Waals surface area contributed by atoms with Crippen molar-refractivity contribution in [2.45, 2.75) is 16.9 Å². The summed E-state index contributed by atoms with van der Waals surface area (Å²) in [5.41, 5.74) is 0. The van der Waals surface area contributed by atoms with E-state index in [-0.39, 0.29) is 6.61 Å². The molecule has 10 heteroatoms. The number of nitrogens with zero attached hydrogens (tertiary/aromatic N) is 1. The Labute approximate surface area is 99.1 Å². The van der Waals surface area contributed by atoms with Gasteiger partial charge in [0.25, 0.3) is 0 Å². The molecule has 0 rings (SSSR count). The van der Waals surface area contributed by atoms with E-state index in [1.54, 1.807) is 6.92 Å². The molecule has 0 amide bonds. The van der Waals surface area contributed by atoms with E-state index >= 15 is 0 Å². The summed E-state index contributed by atoms with van der Waals surface area (Å²) in [6, 6.07) is 0. The maximum absolute atomic E-state index is 11.5. The maximum atomic E-state index is 11.5. The predicted molar refractivity (Wildman–Crippen MR) is 52.0 cm³/mol. The highest BCUT2D eigenvalue weighted by Gasteiger charge is 2.51. The largest absolute Gasteiger partial charge is 0.397 e. The highest BCUT2D eigenvalue weighted by atomic mass is 35.5. The summed E-state index contributed by atoms with van der Waals surface area (Å²) < 4.78 is 30.6. The van der Waals surface area contributed by atoms with E-state index in [0.717, 1.165) is 7.05 Å². The smallest absolute Gasteiger partial charge is 0.383 e. The lowest BCUT2D eigenvalue weighted by Crippen LogP contribution is -2.27. The molecule has 0 aromatic rings. The van der Waals surface area contributed by atoms with Crippen LogP contribution in [-0.4, -0.2) is 33.7 Å². The van der Waals surface area contributed by atoms with Gasteiger partial charge in [-0.25, -0.2) is 0 Å². The molecule has 1 N–H and O–H groups in total. The van der Waals surface area contributed by atoms with Gasteiger partial charge >= 0.3 is 9.97 Å². The average molecular weight is 294 g/mol. The van der Waals surface area contributed by atoms with E-state index in [1.165, 1.54) is 0 Å². The Bertz CT molecular complexity index is 155. The van der Waals surface area contributed by atoms with Gasteiger partial charge in [-0.15, -0.1) is 0 Å². The van der Waals surface area contributed by atoms with Crippen LogP contribution in [0.25, 0.3) is 0 Å². The van der Waals surface area contributed by atoms with E-state index in [4.69, 9.17) is 15.2 Å². The summed E-state index contributed by atoms with van der Waals surface area (Å²) in [7, 11) is 0.889. The Kier molecular flexibility index (Phi) is 12.6. The standard InChI is InChI=1S/C2Cl3F3.C2H6O.CH3NO2/c3-1(4,6)2(5,7)8;1-2-3;1-2(3)4/h;3H,2H2,1H3;1H3. The molecule has 0 spiro atoms. The summed E-state index contributed by atoms with van der Waals surface area (Å²) in [4.78, 5) is 8.31. The van der Waals surface area contributed by atoms with Crippen LogP contribution >= 0.6 is 34.8 Å². The number of aliphatic hydroxyl groups is 1. The topological polar surface area (TPSA) is 63.4 Å². The number of rotatable bonds is 1. The fourth-order valence-electron chi connectivity index (χ4n) is 0. The third kappa shape index (κ3) is 24.9. The van der Waals surface area contributed by atoms with Gasteiger partial charge in [0.15, 0.2) is 7.05 Å². The molecule has 0 aromatic carbocycles. The normalized spacial score (nSPS) is 10.5. The minimum atomic E-state index is -4.23. The minimum Gasteiger partial charge on any atom is -0.397 e. The molecule has 4 nitrogen and oxygen atoms in total. The monoisotopic (exact) mass is 293 g/mol. The van der Waals surface area contributed by atoms with E-state index in [9.17, 15) is 13.2 Å². The maximum Gasteiger partial charge on any atom is 0.383 e. The van der Waals surface area contributed by atoms with Crippen molar-refractivity contribution in [2.75, 3.05) is 13.7 Å². The number of halogens is 6. The van der Waals surface area contributed by atoms with Crippen molar-refractivity contribution < 1.29 is 23.2 Å². The molecule has 94 valence electrons. The Morgan fingerprint density at radius 2 is 1.40 bits per heavy atom. The summed E-state index contributed by atoms with van der Waals surface area (Å²) >= 11 is 12.5. The van der Waals surface area contributed by atoms with Crippen LogP contribution in [0.5, 0.6) is 0 Å². The van der Waals surface area contributed by atoms with E-state index in [1.807, 2.05) is 0 Å². The quantitative estimate of drug-likeness (QED) is 0.459. The SMILES string of the molecule is CCO.C[N+](=O)[O-].FC(F)(Cl)C(F)(Cl)Cl. The lowest BCUT2D eigenvalue weighted by molar-refractivity contribution is -0.445. The van der Waals surface area contributed by atoms with E-state index in [0.29, 0.717) is 0 Å². The fraction of sp³-hybridized carbons (Fsp3) is 1.00. The molecule has 0 aromatic heterocycles. The zero-order chi connectivity index (χ0) is 13.3. The summed E-state index contributed by atoms with van der Waals surface area (Å²) in [6.07, 6.45) is 0. The first-order valence-electron chi connectivity index (χ1n) is 3.22. The van der Waals surface area contributed by atoms with Crippen molar-refractivity contribution in [3.05, 3.63) is 10.1 Å². The Morgan fingerprint density at radius 1 is 1.33 bits per heavy atom. The summed E-state index contributed by atoms with van der Waals surface area (Å²) in [6.45, 7) is 1.93. The van der Waals surface area contributed by atoms with Gasteiger partial charge in [0.05, 0.1) is 0 Å². The van der Waals surface area contributed by atoms with Gasteiger partial charge in [-0.2, -0.15) is 13.2 Å². The third-order valence-corrected chi connectivity index (χ3v) is 1.25. The number of hydrogen-bond donors (Lipinski definition) is 1. The zero-order valence-electron chi connectivity index (χ0n) is 7.69. The molecule has 0 unspecified atom stereocenters. The van der Waals surface area contributed by atoms with Crippen molar-refractivity contribution in [1.82, 2.24) is 0 Å². The van der Waals surface area contributed by atoms with Gasteiger partial charge in [0, 0.05) is 11.5 Å². The molecule has 0 fully saturated rings. The Balaban J connectivity index is -0.000000173. The zero-order valence-corrected chi connectivity index (χ0v) is 9.95. The highest BCUT2D eigenvalue weighted by molar-refractivity contribution is 6.51. The van der Waals surface area contributed by atoms with Gasteiger partial charge in [-0.1, -0.05) is 23.2 Å². The molecule has 0 heterocycles. The van der Waals surface area contributed by atoms with Crippen LogP contribution in [0.3, 0.4) is 0 Å². The molecule has 0 bridgehead atoms. The highest BCUT2D eigenvalue weighted by Crippen LogP contribution is 2.42. The molecular weight excluding hydrogens is 285 g/mol. The molecule has 0 saturated heterocycles. The molecule has 0 radical (unpaired) electrons. The lowest BCUT2D eigenvalue weighted by Gasteiger charge is -2.13. The van der Waals surface area contributed by atoms with Crippen LogP contribution in [0.2, 0.25) is 0 Å². The third-order valence-electron chi connectivity index (χ3n) is 0.321. The Morgan fingerprint density at radius 3 is 1.40 bits per heavy atom. The van der Waals surface area contributed by atoms with Gasteiger partial charge < -0.3 is 5.11 Å². The average Bonchev–Trinajstić information content (AvgIpc) is 1.81. The van der Waals surface area contributed by atoms with Crippen molar-refractivity contribution in [3.63, 3.8) is 0 Å². The lowest BCUT2D eigenvalue weighted by atomic mass is 10.8. The van der Waals surface area contributed by atoms with Crippen molar-refractivity contribution in [3.8, 4) is 0 Å². The van der Waals surface area contributed by atoms with E-state index < -0.39 is 14.9 Å². The Hall–Kier alpha value is 0.0200. The molecule has 0 saturated carbocycles. The van der Waals surface area contributed by atoms with Gasteiger partial charge in [0.2, 0.25) is 0 Å². The summed E-state index contributed by atoms with van der Waals surface area (Å²) in [5, 5.41) is 12.1. The van der Waals surface area contributed by atoms with Crippen molar-refractivity contribution >= 4 is 34.8 Å².